The highest BCUT2D eigenvalue weighted by Gasteiger charge is 2.10. The molecule has 1 atom stereocenters. The number of nitrogens with one attached hydrogen (secondary N) is 1. The summed E-state index contributed by atoms with van der Waals surface area (Å²) in [6.45, 7) is 6.14. The number of halogens is 2. The lowest BCUT2D eigenvalue weighted by Crippen LogP contribution is -2.31. The summed E-state index contributed by atoms with van der Waals surface area (Å²) in [7, 11) is 0. The molecule has 0 aliphatic carbocycles. The van der Waals surface area contributed by atoms with Crippen molar-refractivity contribution in [2.75, 3.05) is 13.1 Å². The first-order chi connectivity index (χ1) is 8.17. The fraction of sp³-hybridized carbons (Fsp3) is 0.538. The lowest BCUT2D eigenvalue weighted by atomic mass is 10.2. The van der Waals surface area contributed by atoms with Gasteiger partial charge in [0.05, 0.1) is 5.02 Å². The fourth-order valence-electron chi connectivity index (χ4n) is 1.46. The smallest absolute Gasteiger partial charge is 0.139 e. The number of ether oxygens (including phenoxy) is 1. The standard InChI is InChI=1S/C13H19BrClNO/c1-3-7-16-9-11(4-2)17-13-8-10(14)5-6-12(13)15/h5-6,8,11,16H,3-4,7,9H2,1-2H3. The Morgan fingerprint density at radius 1 is 1.41 bits per heavy atom. The summed E-state index contributed by atoms with van der Waals surface area (Å²) in [5, 5.41) is 4.02. The SMILES string of the molecule is CCCNCC(CC)Oc1cc(Br)ccc1Cl. The molecule has 0 radical (unpaired) electrons. The Morgan fingerprint density at radius 3 is 2.82 bits per heavy atom. The maximum Gasteiger partial charge on any atom is 0.139 e. The zero-order valence-electron chi connectivity index (χ0n) is 10.3. The van der Waals surface area contributed by atoms with Crippen LogP contribution in [0.5, 0.6) is 5.75 Å². The molecule has 2 nitrogen and oxygen atoms in total. The van der Waals surface area contributed by atoms with Gasteiger partial charge in [0.2, 0.25) is 0 Å². The van der Waals surface area contributed by atoms with E-state index in [1.807, 2.05) is 18.2 Å². The highest BCUT2D eigenvalue weighted by atomic mass is 79.9. The van der Waals surface area contributed by atoms with Crippen molar-refractivity contribution in [3.05, 3.63) is 27.7 Å². The monoisotopic (exact) mass is 319 g/mol. The van der Waals surface area contributed by atoms with Crippen molar-refractivity contribution in [3.8, 4) is 5.75 Å². The molecule has 0 aliphatic rings. The average molecular weight is 321 g/mol. The van der Waals surface area contributed by atoms with Crippen molar-refractivity contribution < 1.29 is 4.74 Å². The third kappa shape index (κ3) is 5.28. The Balaban J connectivity index is 2.57. The van der Waals surface area contributed by atoms with E-state index < -0.39 is 0 Å². The van der Waals surface area contributed by atoms with E-state index in [0.717, 1.165) is 36.2 Å². The fourth-order valence-corrected chi connectivity index (χ4v) is 1.96. The molecule has 96 valence electrons. The van der Waals surface area contributed by atoms with Crippen molar-refractivity contribution in [1.29, 1.82) is 0 Å². The van der Waals surface area contributed by atoms with E-state index in [1.54, 1.807) is 0 Å². The number of hydrogen-bond donors (Lipinski definition) is 1. The Labute approximate surface area is 117 Å². The molecule has 0 amide bonds. The van der Waals surface area contributed by atoms with E-state index in [4.69, 9.17) is 16.3 Å². The van der Waals surface area contributed by atoms with Gasteiger partial charge < -0.3 is 10.1 Å². The zero-order chi connectivity index (χ0) is 12.7. The topological polar surface area (TPSA) is 21.3 Å². The van der Waals surface area contributed by atoms with E-state index >= 15 is 0 Å². The molecular formula is C13H19BrClNO. The van der Waals surface area contributed by atoms with Crippen LogP contribution in [0.2, 0.25) is 5.02 Å². The van der Waals surface area contributed by atoms with Gasteiger partial charge in [0.1, 0.15) is 11.9 Å². The van der Waals surface area contributed by atoms with E-state index in [2.05, 4.69) is 35.1 Å². The van der Waals surface area contributed by atoms with Crippen LogP contribution in [0.25, 0.3) is 0 Å². The van der Waals surface area contributed by atoms with E-state index in [9.17, 15) is 0 Å². The molecule has 0 fully saturated rings. The van der Waals surface area contributed by atoms with Crippen LogP contribution in [0, 0.1) is 0 Å². The first-order valence-electron chi connectivity index (χ1n) is 5.99. The van der Waals surface area contributed by atoms with Gasteiger partial charge >= 0.3 is 0 Å². The second-order valence-corrected chi connectivity index (χ2v) is 5.25. The molecule has 1 aromatic rings. The van der Waals surface area contributed by atoms with Gasteiger partial charge in [-0.3, -0.25) is 0 Å². The number of rotatable bonds is 7. The highest BCUT2D eigenvalue weighted by Crippen LogP contribution is 2.29. The van der Waals surface area contributed by atoms with Crippen molar-refractivity contribution >= 4 is 27.5 Å². The summed E-state index contributed by atoms with van der Waals surface area (Å²) in [6, 6.07) is 5.66. The van der Waals surface area contributed by atoms with Gasteiger partial charge in [-0.05, 0) is 37.6 Å². The molecule has 1 N–H and O–H groups in total. The summed E-state index contributed by atoms with van der Waals surface area (Å²) in [5.41, 5.74) is 0. The molecule has 0 spiro atoms. The van der Waals surface area contributed by atoms with Crippen LogP contribution in [0.15, 0.2) is 22.7 Å². The minimum Gasteiger partial charge on any atom is -0.488 e. The van der Waals surface area contributed by atoms with Gasteiger partial charge in [0.15, 0.2) is 0 Å². The summed E-state index contributed by atoms with van der Waals surface area (Å²) in [5.74, 6) is 0.742. The predicted molar refractivity (Wildman–Crippen MR) is 77.0 cm³/mol. The maximum atomic E-state index is 6.09. The molecule has 4 heteroatoms. The third-order valence-electron chi connectivity index (χ3n) is 2.44. The second-order valence-electron chi connectivity index (χ2n) is 3.93. The quantitative estimate of drug-likeness (QED) is 0.758. The van der Waals surface area contributed by atoms with Gasteiger partial charge in [0.25, 0.3) is 0 Å². The van der Waals surface area contributed by atoms with Crippen molar-refractivity contribution in [3.63, 3.8) is 0 Å². The third-order valence-corrected chi connectivity index (χ3v) is 3.25. The molecule has 0 heterocycles. The molecule has 17 heavy (non-hydrogen) atoms. The van der Waals surface area contributed by atoms with Gasteiger partial charge in [-0.2, -0.15) is 0 Å². The van der Waals surface area contributed by atoms with E-state index in [1.165, 1.54) is 0 Å². The highest BCUT2D eigenvalue weighted by molar-refractivity contribution is 9.10. The predicted octanol–water partition coefficient (Wildman–Crippen LogP) is 4.26. The normalized spacial score (nSPS) is 12.5. The van der Waals surface area contributed by atoms with E-state index in [-0.39, 0.29) is 6.10 Å². The van der Waals surface area contributed by atoms with Crippen LogP contribution in [-0.2, 0) is 0 Å². The van der Waals surface area contributed by atoms with E-state index in [0.29, 0.717) is 5.02 Å². The minimum atomic E-state index is 0.161. The Bertz CT molecular complexity index is 346. The first-order valence-corrected chi connectivity index (χ1v) is 7.16. The molecule has 1 rings (SSSR count). The van der Waals surface area contributed by atoms with Gasteiger partial charge in [-0.25, -0.2) is 0 Å². The number of hydrogen-bond acceptors (Lipinski definition) is 2. The first kappa shape index (κ1) is 14.8. The van der Waals surface area contributed by atoms with Gasteiger partial charge in [-0.1, -0.05) is 41.4 Å². The van der Waals surface area contributed by atoms with Crippen LogP contribution in [-0.4, -0.2) is 19.2 Å². The van der Waals surface area contributed by atoms with Crippen LogP contribution < -0.4 is 10.1 Å². The van der Waals surface area contributed by atoms with Gasteiger partial charge in [0, 0.05) is 11.0 Å². The average Bonchev–Trinajstić information content (AvgIpc) is 2.32. The number of benzene rings is 1. The molecular weight excluding hydrogens is 302 g/mol. The molecule has 0 aromatic heterocycles. The molecule has 0 saturated carbocycles. The zero-order valence-corrected chi connectivity index (χ0v) is 12.6. The molecule has 0 saturated heterocycles. The molecule has 0 aliphatic heterocycles. The van der Waals surface area contributed by atoms with Gasteiger partial charge in [-0.15, -0.1) is 0 Å². The van der Waals surface area contributed by atoms with Crippen LogP contribution in [0.4, 0.5) is 0 Å². The largest absolute Gasteiger partial charge is 0.488 e. The molecule has 0 bridgehead atoms. The second kappa shape index (κ2) is 7.96. The van der Waals surface area contributed by atoms with Crippen molar-refractivity contribution in [2.45, 2.75) is 32.8 Å². The van der Waals surface area contributed by atoms with Crippen molar-refractivity contribution in [2.24, 2.45) is 0 Å². The Kier molecular flexibility index (Phi) is 6.93. The van der Waals surface area contributed by atoms with Crippen LogP contribution in [0.3, 0.4) is 0 Å². The molecule has 1 aromatic carbocycles. The van der Waals surface area contributed by atoms with Crippen LogP contribution in [0.1, 0.15) is 26.7 Å². The maximum absolute atomic E-state index is 6.09. The van der Waals surface area contributed by atoms with Crippen molar-refractivity contribution in [1.82, 2.24) is 5.32 Å². The lowest BCUT2D eigenvalue weighted by molar-refractivity contribution is 0.193. The minimum absolute atomic E-state index is 0.161. The summed E-state index contributed by atoms with van der Waals surface area (Å²) in [6.07, 6.45) is 2.25. The lowest BCUT2D eigenvalue weighted by Gasteiger charge is -2.19. The summed E-state index contributed by atoms with van der Waals surface area (Å²) >= 11 is 9.51. The molecule has 1 unspecified atom stereocenters. The Morgan fingerprint density at radius 2 is 2.18 bits per heavy atom. The Hall–Kier alpha value is -0.250. The summed E-state index contributed by atoms with van der Waals surface area (Å²) < 4.78 is 6.88. The van der Waals surface area contributed by atoms with Crippen LogP contribution >= 0.6 is 27.5 Å². The summed E-state index contributed by atoms with van der Waals surface area (Å²) in [4.78, 5) is 0.